The molecule has 20 heavy (non-hydrogen) atoms. The van der Waals surface area contributed by atoms with Gasteiger partial charge in [0, 0.05) is 5.69 Å². The SMILES string of the molecule is Cc1nc2ccccc2n1-c1ccc(S(N)(=O)=O)cc1. The van der Waals surface area contributed by atoms with Crippen molar-refractivity contribution in [1.29, 1.82) is 0 Å². The van der Waals surface area contributed by atoms with Crippen LogP contribution in [0.15, 0.2) is 53.4 Å². The molecular weight excluding hydrogens is 274 g/mol. The van der Waals surface area contributed by atoms with E-state index in [2.05, 4.69) is 4.98 Å². The number of fused-ring (bicyclic) bond motifs is 1. The summed E-state index contributed by atoms with van der Waals surface area (Å²) in [5.74, 6) is 0.842. The third-order valence-electron chi connectivity index (χ3n) is 3.15. The van der Waals surface area contributed by atoms with Crippen LogP contribution in [-0.2, 0) is 10.0 Å². The molecule has 0 bridgehead atoms. The Morgan fingerprint density at radius 1 is 1.05 bits per heavy atom. The Balaban J connectivity index is 2.19. The molecule has 3 aromatic rings. The van der Waals surface area contributed by atoms with E-state index in [9.17, 15) is 8.42 Å². The second kappa shape index (κ2) is 4.43. The zero-order valence-electron chi connectivity index (χ0n) is 10.8. The molecule has 3 rings (SSSR count). The third kappa shape index (κ3) is 2.09. The summed E-state index contributed by atoms with van der Waals surface area (Å²) in [6.45, 7) is 1.91. The molecule has 0 radical (unpaired) electrons. The van der Waals surface area contributed by atoms with Gasteiger partial charge in [0.25, 0.3) is 0 Å². The summed E-state index contributed by atoms with van der Waals surface area (Å²) < 4.78 is 24.5. The quantitative estimate of drug-likeness (QED) is 0.782. The van der Waals surface area contributed by atoms with E-state index in [0.29, 0.717) is 0 Å². The highest BCUT2D eigenvalue weighted by atomic mass is 32.2. The van der Waals surface area contributed by atoms with Gasteiger partial charge in [-0.2, -0.15) is 0 Å². The Hall–Kier alpha value is -2.18. The number of nitrogens with zero attached hydrogens (tertiary/aromatic N) is 2. The average molecular weight is 287 g/mol. The van der Waals surface area contributed by atoms with Crippen LogP contribution in [0.25, 0.3) is 16.7 Å². The summed E-state index contributed by atoms with van der Waals surface area (Å²) in [6, 6.07) is 14.2. The summed E-state index contributed by atoms with van der Waals surface area (Å²) in [6.07, 6.45) is 0. The van der Waals surface area contributed by atoms with Crippen LogP contribution < -0.4 is 5.14 Å². The first kappa shape index (κ1) is 12.8. The summed E-state index contributed by atoms with van der Waals surface area (Å²) in [7, 11) is -3.67. The lowest BCUT2D eigenvalue weighted by molar-refractivity contribution is 0.598. The molecule has 1 aromatic heterocycles. The van der Waals surface area contributed by atoms with E-state index in [1.807, 2.05) is 35.8 Å². The number of benzene rings is 2. The monoisotopic (exact) mass is 287 g/mol. The molecule has 2 aromatic carbocycles. The van der Waals surface area contributed by atoms with E-state index in [1.54, 1.807) is 12.1 Å². The van der Waals surface area contributed by atoms with Gasteiger partial charge >= 0.3 is 0 Å². The van der Waals surface area contributed by atoms with Gasteiger partial charge in [0.1, 0.15) is 5.82 Å². The van der Waals surface area contributed by atoms with Crippen LogP contribution in [0, 0.1) is 6.92 Å². The number of rotatable bonds is 2. The highest BCUT2D eigenvalue weighted by Crippen LogP contribution is 2.21. The number of aryl methyl sites for hydroxylation is 1. The van der Waals surface area contributed by atoms with E-state index in [1.165, 1.54) is 12.1 Å². The van der Waals surface area contributed by atoms with Gasteiger partial charge < -0.3 is 0 Å². The Bertz CT molecular complexity index is 880. The molecule has 0 saturated carbocycles. The minimum Gasteiger partial charge on any atom is -0.297 e. The molecule has 0 saturated heterocycles. The zero-order chi connectivity index (χ0) is 14.3. The van der Waals surface area contributed by atoms with Crippen molar-refractivity contribution in [2.24, 2.45) is 5.14 Å². The molecule has 5 nitrogen and oxygen atoms in total. The van der Waals surface area contributed by atoms with E-state index in [-0.39, 0.29) is 4.90 Å². The second-order valence-corrected chi connectivity index (χ2v) is 6.08. The molecule has 0 atom stereocenters. The largest absolute Gasteiger partial charge is 0.297 e. The molecule has 6 heteroatoms. The molecule has 0 fully saturated rings. The topological polar surface area (TPSA) is 78.0 Å². The van der Waals surface area contributed by atoms with Gasteiger partial charge in [-0.3, -0.25) is 4.57 Å². The molecule has 0 aliphatic heterocycles. The lowest BCUT2D eigenvalue weighted by Crippen LogP contribution is -2.12. The maximum atomic E-state index is 11.3. The lowest BCUT2D eigenvalue weighted by atomic mass is 10.3. The highest BCUT2D eigenvalue weighted by molar-refractivity contribution is 7.89. The zero-order valence-corrected chi connectivity index (χ0v) is 11.6. The van der Waals surface area contributed by atoms with Crippen molar-refractivity contribution >= 4 is 21.1 Å². The first-order valence-corrected chi connectivity index (χ1v) is 7.59. The normalized spacial score (nSPS) is 11.9. The molecule has 2 N–H and O–H groups in total. The molecule has 0 amide bonds. The summed E-state index contributed by atoms with van der Waals surface area (Å²) in [4.78, 5) is 4.58. The predicted octanol–water partition coefficient (Wildman–Crippen LogP) is 1.98. The number of aromatic nitrogens is 2. The smallest absolute Gasteiger partial charge is 0.238 e. The van der Waals surface area contributed by atoms with Crippen LogP contribution in [0.4, 0.5) is 0 Å². The number of para-hydroxylation sites is 2. The number of hydrogen-bond donors (Lipinski definition) is 1. The molecule has 1 heterocycles. The van der Waals surface area contributed by atoms with Crippen LogP contribution in [0.2, 0.25) is 0 Å². The Labute approximate surface area is 116 Å². The standard InChI is InChI=1S/C14H13N3O2S/c1-10-16-13-4-2-3-5-14(13)17(10)11-6-8-12(9-7-11)20(15,18)19/h2-9H,1H3,(H2,15,18,19). The number of nitrogens with two attached hydrogens (primary N) is 1. The molecular formula is C14H13N3O2S. The van der Waals surface area contributed by atoms with Crippen molar-refractivity contribution in [1.82, 2.24) is 9.55 Å². The molecule has 102 valence electrons. The summed E-state index contributed by atoms with van der Waals surface area (Å²) in [5.41, 5.74) is 2.73. The van der Waals surface area contributed by atoms with Crippen LogP contribution >= 0.6 is 0 Å². The highest BCUT2D eigenvalue weighted by Gasteiger charge is 2.11. The molecule has 0 aliphatic carbocycles. The van der Waals surface area contributed by atoms with E-state index >= 15 is 0 Å². The van der Waals surface area contributed by atoms with Gasteiger partial charge in [-0.1, -0.05) is 12.1 Å². The maximum Gasteiger partial charge on any atom is 0.238 e. The van der Waals surface area contributed by atoms with Crippen molar-refractivity contribution in [3.63, 3.8) is 0 Å². The predicted molar refractivity (Wildman–Crippen MR) is 77.2 cm³/mol. The van der Waals surface area contributed by atoms with Gasteiger partial charge in [-0.05, 0) is 43.3 Å². The van der Waals surface area contributed by atoms with Crippen molar-refractivity contribution < 1.29 is 8.42 Å². The Morgan fingerprint density at radius 3 is 2.35 bits per heavy atom. The Morgan fingerprint density at radius 2 is 1.70 bits per heavy atom. The minimum absolute atomic E-state index is 0.100. The minimum atomic E-state index is -3.67. The van der Waals surface area contributed by atoms with Gasteiger partial charge in [-0.25, -0.2) is 18.5 Å². The van der Waals surface area contributed by atoms with Crippen LogP contribution in [0.3, 0.4) is 0 Å². The van der Waals surface area contributed by atoms with E-state index in [0.717, 1.165) is 22.5 Å². The van der Waals surface area contributed by atoms with Gasteiger partial charge in [0.15, 0.2) is 0 Å². The maximum absolute atomic E-state index is 11.3. The van der Waals surface area contributed by atoms with Gasteiger partial charge in [-0.15, -0.1) is 0 Å². The second-order valence-electron chi connectivity index (χ2n) is 4.52. The fraction of sp³-hybridized carbons (Fsp3) is 0.0714. The van der Waals surface area contributed by atoms with Crippen LogP contribution in [-0.4, -0.2) is 18.0 Å². The number of imidazole rings is 1. The molecule has 0 spiro atoms. The van der Waals surface area contributed by atoms with Gasteiger partial charge in [0.2, 0.25) is 10.0 Å². The number of primary sulfonamides is 1. The van der Waals surface area contributed by atoms with Crippen molar-refractivity contribution in [3.05, 3.63) is 54.4 Å². The summed E-state index contributed by atoms with van der Waals surface area (Å²) >= 11 is 0. The third-order valence-corrected chi connectivity index (χ3v) is 4.08. The molecule has 0 aliphatic rings. The van der Waals surface area contributed by atoms with Crippen molar-refractivity contribution in [3.8, 4) is 5.69 Å². The number of hydrogen-bond acceptors (Lipinski definition) is 3. The first-order valence-electron chi connectivity index (χ1n) is 6.04. The Kier molecular flexibility index (Phi) is 2.84. The fourth-order valence-electron chi connectivity index (χ4n) is 2.26. The van der Waals surface area contributed by atoms with Crippen LogP contribution in [0.5, 0.6) is 0 Å². The van der Waals surface area contributed by atoms with Gasteiger partial charge in [0.05, 0.1) is 15.9 Å². The van der Waals surface area contributed by atoms with Crippen molar-refractivity contribution in [2.75, 3.05) is 0 Å². The summed E-state index contributed by atoms with van der Waals surface area (Å²) in [5, 5.41) is 5.10. The van der Waals surface area contributed by atoms with E-state index < -0.39 is 10.0 Å². The van der Waals surface area contributed by atoms with Crippen molar-refractivity contribution in [2.45, 2.75) is 11.8 Å². The number of sulfonamides is 1. The van der Waals surface area contributed by atoms with E-state index in [4.69, 9.17) is 5.14 Å². The average Bonchev–Trinajstić information content (AvgIpc) is 2.73. The molecule has 0 unspecified atom stereocenters. The lowest BCUT2D eigenvalue weighted by Gasteiger charge is -2.07. The first-order chi connectivity index (χ1) is 9.47. The fourth-order valence-corrected chi connectivity index (χ4v) is 2.77. The van der Waals surface area contributed by atoms with Crippen LogP contribution in [0.1, 0.15) is 5.82 Å².